The highest BCUT2D eigenvalue weighted by Crippen LogP contribution is 2.58. The maximum atomic E-state index is 13.9. The first-order chi connectivity index (χ1) is 20.5. The van der Waals surface area contributed by atoms with Gasteiger partial charge in [-0.15, -0.1) is 0 Å². The first-order valence-electron chi connectivity index (χ1n) is 14.8. The number of ether oxygens (including phenoxy) is 2. The van der Waals surface area contributed by atoms with Crippen LogP contribution in [0, 0.1) is 17.8 Å². The second kappa shape index (κ2) is 10.8. The summed E-state index contributed by atoms with van der Waals surface area (Å²) in [6.45, 7) is 7.70. The molecule has 1 amide bonds. The van der Waals surface area contributed by atoms with E-state index in [0.717, 1.165) is 22.4 Å². The smallest absolute Gasteiger partial charge is 0.360 e. The molecule has 3 aromatic rings. The number of benzene rings is 2. The zero-order valence-electron chi connectivity index (χ0n) is 25.0. The number of amides is 1. The summed E-state index contributed by atoms with van der Waals surface area (Å²) in [6.07, 6.45) is -1.33. The molecule has 6 rings (SSSR count). The van der Waals surface area contributed by atoms with Gasteiger partial charge in [-0.2, -0.15) is 0 Å². The number of oxazole rings is 1. The number of esters is 1. The van der Waals surface area contributed by atoms with E-state index >= 15 is 0 Å². The minimum absolute atomic E-state index is 0.00513. The number of aromatic nitrogens is 1. The van der Waals surface area contributed by atoms with Gasteiger partial charge >= 0.3 is 5.97 Å². The number of aliphatic hydroxyl groups excluding tert-OH is 1. The molecule has 0 saturated carbocycles. The van der Waals surface area contributed by atoms with Crippen molar-refractivity contribution in [2.45, 2.75) is 70.7 Å². The van der Waals surface area contributed by atoms with E-state index in [4.69, 9.17) is 13.9 Å². The lowest BCUT2D eigenvalue weighted by atomic mass is 9.72. The van der Waals surface area contributed by atoms with Gasteiger partial charge in [0.25, 0.3) is 0 Å². The second-order valence-corrected chi connectivity index (χ2v) is 12.5. The van der Waals surface area contributed by atoms with Crippen LogP contribution in [0.3, 0.4) is 0 Å². The molecule has 226 valence electrons. The van der Waals surface area contributed by atoms with Crippen LogP contribution in [0.15, 0.2) is 46.9 Å². The van der Waals surface area contributed by atoms with Crippen LogP contribution >= 0.6 is 0 Å². The highest BCUT2D eigenvalue weighted by Gasteiger charge is 2.61. The van der Waals surface area contributed by atoms with Crippen molar-refractivity contribution in [2.75, 3.05) is 12.4 Å². The first kappa shape index (κ1) is 28.9. The van der Waals surface area contributed by atoms with Crippen molar-refractivity contribution in [2.24, 2.45) is 17.8 Å². The summed E-state index contributed by atoms with van der Waals surface area (Å²) in [6, 6.07) is 12.7. The molecule has 2 aromatic carbocycles. The molecular formula is C33H37N3O7. The number of Topliss-reactive ketones (excluding diaryl/α,β-unsaturated/α-hetero) is 1. The number of para-hydroxylation sites is 1. The van der Waals surface area contributed by atoms with Gasteiger partial charge in [-0.05, 0) is 47.9 Å². The summed E-state index contributed by atoms with van der Waals surface area (Å²) < 4.78 is 18.2. The first-order valence-corrected chi connectivity index (χ1v) is 14.8. The van der Waals surface area contributed by atoms with E-state index in [1.807, 2.05) is 70.2 Å². The fourth-order valence-corrected chi connectivity index (χ4v) is 6.61. The predicted molar refractivity (Wildman–Crippen MR) is 157 cm³/mol. The van der Waals surface area contributed by atoms with Gasteiger partial charge in [0.2, 0.25) is 11.8 Å². The largest absolute Gasteiger partial charge is 0.469 e. The minimum Gasteiger partial charge on any atom is -0.469 e. The van der Waals surface area contributed by atoms with Gasteiger partial charge in [-0.25, -0.2) is 9.78 Å². The fourth-order valence-electron chi connectivity index (χ4n) is 6.61. The van der Waals surface area contributed by atoms with Gasteiger partial charge in [0, 0.05) is 23.6 Å². The SMILES string of the molecule is COC(=O)c1nc2oc1C13c4ccccc4N[C@H]1Oc1ccc(cc13)CC(CC(=O)[C@@H](O)CC(C)C)C(=O)N[C@H]2C(C)C. The number of aliphatic hydroxyl groups is 1. The number of fused-ring (bicyclic) bond motifs is 4. The number of carbonyl (C=O) groups excluding carboxylic acids is 3. The third kappa shape index (κ3) is 4.68. The zero-order valence-corrected chi connectivity index (χ0v) is 25.0. The van der Waals surface area contributed by atoms with Crippen LogP contribution in [0.4, 0.5) is 5.69 Å². The standard InChI is InChI=1S/C33H37N3O7/c1-16(2)12-23(37)24(38)15-19-13-18-10-11-25-21(14-18)33(20-8-6-7-9-22(20)34-32(33)42-25)28-27(31(40)41-5)36-30(43-28)26(17(3)4)35-29(19)39/h6-11,14,16-17,19,23,26,32,34,37H,12-13,15H2,1-5H3,(H,35,39)/t19?,23-,26-,32-,33?/m0/s1. The molecule has 0 radical (unpaired) electrons. The maximum Gasteiger partial charge on any atom is 0.360 e. The van der Waals surface area contributed by atoms with Crippen molar-refractivity contribution >= 4 is 23.3 Å². The quantitative estimate of drug-likeness (QED) is 0.345. The van der Waals surface area contributed by atoms with Crippen molar-refractivity contribution in [3.63, 3.8) is 0 Å². The van der Waals surface area contributed by atoms with Gasteiger partial charge in [-0.1, -0.05) is 58.0 Å². The van der Waals surface area contributed by atoms with Gasteiger partial charge < -0.3 is 29.6 Å². The Hall–Kier alpha value is -4.18. The Morgan fingerprint density at radius 2 is 1.88 bits per heavy atom. The average molecular weight is 588 g/mol. The summed E-state index contributed by atoms with van der Waals surface area (Å²) in [5, 5.41) is 17.1. The van der Waals surface area contributed by atoms with Crippen molar-refractivity contribution in [1.82, 2.24) is 10.3 Å². The molecule has 0 aliphatic carbocycles. The molecule has 1 aromatic heterocycles. The summed E-state index contributed by atoms with van der Waals surface area (Å²) in [7, 11) is 1.29. The van der Waals surface area contributed by atoms with E-state index in [0.29, 0.717) is 12.2 Å². The molecule has 3 N–H and O–H groups in total. The molecule has 5 atom stereocenters. The van der Waals surface area contributed by atoms with E-state index in [9.17, 15) is 19.5 Å². The topological polar surface area (TPSA) is 140 Å². The third-order valence-corrected chi connectivity index (χ3v) is 8.72. The Kier molecular flexibility index (Phi) is 7.28. The number of hydrogen-bond donors (Lipinski definition) is 3. The number of anilines is 1. The number of methoxy groups -OCH3 is 1. The molecule has 3 aliphatic heterocycles. The zero-order chi connectivity index (χ0) is 30.6. The van der Waals surface area contributed by atoms with Crippen molar-refractivity contribution in [3.05, 3.63) is 76.5 Å². The Morgan fingerprint density at radius 1 is 1.12 bits per heavy atom. The van der Waals surface area contributed by atoms with Crippen LogP contribution in [0.25, 0.3) is 0 Å². The van der Waals surface area contributed by atoms with E-state index in [2.05, 4.69) is 15.6 Å². The van der Waals surface area contributed by atoms with Gasteiger partial charge in [0.1, 0.15) is 23.3 Å². The molecular weight excluding hydrogens is 550 g/mol. The highest BCUT2D eigenvalue weighted by atomic mass is 16.5. The van der Waals surface area contributed by atoms with E-state index in [1.54, 1.807) is 0 Å². The van der Waals surface area contributed by atoms with Gasteiger partial charge in [-0.3, -0.25) is 9.59 Å². The molecule has 1 spiro atoms. The number of nitrogens with one attached hydrogen (secondary N) is 2. The van der Waals surface area contributed by atoms with E-state index in [-0.39, 0.29) is 53.7 Å². The van der Waals surface area contributed by atoms with Crippen LogP contribution in [0.2, 0.25) is 0 Å². The van der Waals surface area contributed by atoms with Crippen LogP contribution in [0.1, 0.15) is 85.4 Å². The van der Waals surface area contributed by atoms with Gasteiger partial charge in [0.05, 0.1) is 7.11 Å². The van der Waals surface area contributed by atoms with Crippen LogP contribution < -0.4 is 15.4 Å². The van der Waals surface area contributed by atoms with E-state index in [1.165, 1.54) is 7.11 Å². The normalized spacial score (nSPS) is 24.2. The van der Waals surface area contributed by atoms with Crippen LogP contribution in [-0.2, 0) is 26.2 Å². The molecule has 3 aliphatic rings. The average Bonchev–Trinajstić information content (AvgIpc) is 3.63. The molecule has 4 heterocycles. The third-order valence-electron chi connectivity index (χ3n) is 8.72. The van der Waals surface area contributed by atoms with Crippen molar-refractivity contribution < 1.29 is 33.4 Å². The number of hydrogen-bond acceptors (Lipinski definition) is 9. The lowest BCUT2D eigenvalue weighted by molar-refractivity contribution is -0.134. The molecule has 4 bridgehead atoms. The predicted octanol–water partition coefficient (Wildman–Crippen LogP) is 4.29. The van der Waals surface area contributed by atoms with Crippen LogP contribution in [-0.4, -0.2) is 47.2 Å². The summed E-state index contributed by atoms with van der Waals surface area (Å²) in [4.78, 5) is 44.9. The van der Waals surface area contributed by atoms with E-state index < -0.39 is 35.7 Å². The van der Waals surface area contributed by atoms with Crippen LogP contribution in [0.5, 0.6) is 5.75 Å². The Balaban J connectivity index is 1.56. The highest BCUT2D eigenvalue weighted by molar-refractivity contribution is 5.91. The van der Waals surface area contributed by atoms with Crippen molar-refractivity contribution in [3.8, 4) is 5.75 Å². The molecule has 2 unspecified atom stereocenters. The molecule has 10 heteroatoms. The number of ketones is 1. The lowest BCUT2D eigenvalue weighted by Gasteiger charge is -2.28. The monoisotopic (exact) mass is 587 g/mol. The Morgan fingerprint density at radius 3 is 2.60 bits per heavy atom. The summed E-state index contributed by atoms with van der Waals surface area (Å²) in [5.74, 6) is -1.17. The Labute approximate surface area is 250 Å². The summed E-state index contributed by atoms with van der Waals surface area (Å²) in [5.41, 5.74) is 2.17. The number of nitrogens with zero attached hydrogens (tertiary/aromatic N) is 1. The molecule has 43 heavy (non-hydrogen) atoms. The van der Waals surface area contributed by atoms with Gasteiger partial charge in [0.15, 0.2) is 23.5 Å². The second-order valence-electron chi connectivity index (χ2n) is 12.5. The summed E-state index contributed by atoms with van der Waals surface area (Å²) >= 11 is 0. The fraction of sp³-hybridized carbons (Fsp3) is 0.455. The Bertz CT molecular complexity index is 1590. The minimum atomic E-state index is -1.15. The molecule has 0 saturated heterocycles. The number of rotatable bonds is 7. The number of carbonyl (C=O) groups is 3. The lowest BCUT2D eigenvalue weighted by Crippen LogP contribution is -2.41. The molecule has 0 fully saturated rings. The molecule has 10 nitrogen and oxygen atoms in total. The maximum absolute atomic E-state index is 13.9. The van der Waals surface area contributed by atoms with Crippen molar-refractivity contribution in [1.29, 1.82) is 0 Å².